The number of aliphatic imine (C=N–C) groups is 2. The normalized spacial score (nSPS) is 32.1. The Hall–Kier alpha value is -2.63. The zero-order valence-corrected chi connectivity index (χ0v) is 24.8. The van der Waals surface area contributed by atoms with Crippen molar-refractivity contribution in [2.45, 2.75) is 110 Å². The third kappa shape index (κ3) is 5.00. The molecular weight excluding hydrogens is 497 g/mol. The Labute approximate surface area is 239 Å². The van der Waals surface area contributed by atoms with Crippen molar-refractivity contribution in [3.63, 3.8) is 0 Å². The Balaban J connectivity index is 1.23. The summed E-state index contributed by atoms with van der Waals surface area (Å²) in [6.07, 6.45) is 13.3. The molecule has 3 aliphatic carbocycles. The molecule has 2 aliphatic heterocycles. The fraction of sp³-hybridized carbons (Fsp3) is 0.647. The number of allylic oxidation sites excluding steroid dienone is 1. The number of unbranched alkanes of at least 4 members (excludes halogenated alkanes) is 1. The standard InChI is InChI=1S/C34H46FN5/c1-5-8-13-31-36-21-30(37-31)33-16-14-32(22-33,15-17-33)23-40(24(4)28-20-34(28,35)7-3)27-12-9-11-25(18-27)29-19-26(10-6-2)38-39-29/h9,11-12,18,28H,4-8,10,13-17,19-23H2,1-3H3. The van der Waals surface area contributed by atoms with Gasteiger partial charge in [-0.1, -0.05) is 52.3 Å². The van der Waals surface area contributed by atoms with E-state index < -0.39 is 5.67 Å². The number of amidine groups is 1. The van der Waals surface area contributed by atoms with Crippen molar-refractivity contribution in [2.24, 2.45) is 36.9 Å². The van der Waals surface area contributed by atoms with Crippen molar-refractivity contribution >= 4 is 28.7 Å². The quantitative estimate of drug-likeness (QED) is 0.246. The molecule has 0 aromatic heterocycles. The number of anilines is 1. The lowest BCUT2D eigenvalue weighted by Gasteiger charge is -2.37. The molecule has 2 atom stereocenters. The van der Waals surface area contributed by atoms with Crippen LogP contribution in [0.2, 0.25) is 0 Å². The third-order valence-corrected chi connectivity index (χ3v) is 10.6. The van der Waals surface area contributed by atoms with Crippen LogP contribution in [-0.2, 0) is 0 Å². The summed E-state index contributed by atoms with van der Waals surface area (Å²) in [5.41, 5.74) is 6.00. The predicted octanol–water partition coefficient (Wildman–Crippen LogP) is 8.49. The summed E-state index contributed by atoms with van der Waals surface area (Å²) in [5, 5.41) is 8.98. The molecule has 3 saturated carbocycles. The Kier molecular flexibility index (Phi) is 7.33. The number of hydrogen-bond donors (Lipinski definition) is 0. The van der Waals surface area contributed by atoms with Gasteiger partial charge in [-0.05, 0) is 75.3 Å². The Morgan fingerprint density at radius 1 is 1.07 bits per heavy atom. The maximum absolute atomic E-state index is 15.4. The highest BCUT2D eigenvalue weighted by molar-refractivity contribution is 6.15. The SMILES string of the molecule is C=C(C1CC1(F)CC)N(CC12CCC(C3=NC(CCCC)=NC3)(CC1)C2)c1cccc(C2=NN=C(CCC)C2)c1. The van der Waals surface area contributed by atoms with E-state index in [0.717, 1.165) is 79.4 Å². The summed E-state index contributed by atoms with van der Waals surface area (Å²) in [6.45, 7) is 12.6. The van der Waals surface area contributed by atoms with Crippen molar-refractivity contribution in [3.8, 4) is 0 Å². The molecule has 1 aromatic rings. The zero-order chi connectivity index (χ0) is 28.0. The first kappa shape index (κ1) is 27.5. The number of alkyl halides is 1. The molecule has 1 aromatic carbocycles. The summed E-state index contributed by atoms with van der Waals surface area (Å²) in [7, 11) is 0. The van der Waals surface area contributed by atoms with Gasteiger partial charge in [-0.2, -0.15) is 10.2 Å². The van der Waals surface area contributed by atoms with E-state index in [-0.39, 0.29) is 16.7 Å². The van der Waals surface area contributed by atoms with Gasteiger partial charge in [0.15, 0.2) is 0 Å². The van der Waals surface area contributed by atoms with Crippen LogP contribution in [0.4, 0.5) is 10.1 Å². The maximum Gasteiger partial charge on any atom is 0.123 e. The van der Waals surface area contributed by atoms with Crippen LogP contribution in [0.1, 0.15) is 110 Å². The van der Waals surface area contributed by atoms with Gasteiger partial charge in [-0.15, -0.1) is 0 Å². The lowest BCUT2D eigenvalue weighted by atomic mass is 9.79. The minimum absolute atomic E-state index is 0.0952. The molecule has 2 bridgehead atoms. The molecule has 0 spiro atoms. The van der Waals surface area contributed by atoms with Gasteiger partial charge in [0.1, 0.15) is 11.5 Å². The van der Waals surface area contributed by atoms with E-state index in [4.69, 9.17) is 9.98 Å². The zero-order valence-electron chi connectivity index (χ0n) is 24.8. The van der Waals surface area contributed by atoms with E-state index in [2.05, 4.69) is 59.8 Å². The van der Waals surface area contributed by atoms with E-state index >= 15 is 4.39 Å². The minimum atomic E-state index is -1.11. The van der Waals surface area contributed by atoms with Crippen LogP contribution in [0.5, 0.6) is 0 Å². The molecule has 40 heavy (non-hydrogen) atoms. The first-order valence-corrected chi connectivity index (χ1v) is 15.8. The Morgan fingerprint density at radius 3 is 2.62 bits per heavy atom. The van der Waals surface area contributed by atoms with Crippen molar-refractivity contribution in [1.29, 1.82) is 0 Å². The molecule has 214 valence electrons. The monoisotopic (exact) mass is 543 g/mol. The maximum atomic E-state index is 15.4. The summed E-state index contributed by atoms with van der Waals surface area (Å²) < 4.78 is 15.4. The largest absolute Gasteiger partial charge is 0.345 e. The van der Waals surface area contributed by atoms with Gasteiger partial charge in [0, 0.05) is 59.1 Å². The van der Waals surface area contributed by atoms with Gasteiger partial charge >= 0.3 is 0 Å². The molecule has 6 rings (SSSR count). The lowest BCUT2D eigenvalue weighted by Crippen LogP contribution is -2.36. The van der Waals surface area contributed by atoms with E-state index in [9.17, 15) is 0 Å². The van der Waals surface area contributed by atoms with Crippen LogP contribution < -0.4 is 4.90 Å². The van der Waals surface area contributed by atoms with Gasteiger partial charge in [0.25, 0.3) is 0 Å². The number of benzene rings is 1. The van der Waals surface area contributed by atoms with E-state index in [1.165, 1.54) is 44.2 Å². The van der Waals surface area contributed by atoms with Crippen LogP contribution >= 0.6 is 0 Å². The summed E-state index contributed by atoms with van der Waals surface area (Å²) >= 11 is 0. The van der Waals surface area contributed by atoms with Crippen molar-refractivity contribution in [2.75, 3.05) is 18.0 Å². The summed E-state index contributed by atoms with van der Waals surface area (Å²) in [4.78, 5) is 12.3. The molecule has 6 heteroatoms. The second-order valence-corrected chi connectivity index (χ2v) is 13.3. The number of fused-ring (bicyclic) bond motifs is 2. The highest BCUT2D eigenvalue weighted by atomic mass is 19.1. The highest BCUT2D eigenvalue weighted by Gasteiger charge is 2.59. The molecule has 0 saturated heterocycles. The molecule has 0 radical (unpaired) electrons. The van der Waals surface area contributed by atoms with Gasteiger partial charge in [-0.25, -0.2) is 9.38 Å². The van der Waals surface area contributed by atoms with Gasteiger partial charge in [0.05, 0.1) is 12.3 Å². The molecule has 2 unspecified atom stereocenters. The molecule has 3 fully saturated rings. The topological polar surface area (TPSA) is 52.7 Å². The van der Waals surface area contributed by atoms with Crippen molar-refractivity contribution in [3.05, 3.63) is 42.1 Å². The number of hydrogen-bond acceptors (Lipinski definition) is 5. The van der Waals surface area contributed by atoms with Crippen LogP contribution in [0, 0.1) is 16.7 Å². The van der Waals surface area contributed by atoms with Crippen LogP contribution in [-0.4, -0.2) is 41.7 Å². The average molecular weight is 544 g/mol. The van der Waals surface area contributed by atoms with Gasteiger partial charge < -0.3 is 4.90 Å². The number of halogens is 1. The minimum Gasteiger partial charge on any atom is -0.345 e. The first-order valence-electron chi connectivity index (χ1n) is 15.8. The molecule has 0 amide bonds. The first-order chi connectivity index (χ1) is 19.3. The smallest absolute Gasteiger partial charge is 0.123 e. The predicted molar refractivity (Wildman–Crippen MR) is 166 cm³/mol. The van der Waals surface area contributed by atoms with E-state index in [1.54, 1.807) is 0 Å². The third-order valence-electron chi connectivity index (χ3n) is 10.6. The van der Waals surface area contributed by atoms with Crippen LogP contribution in [0.15, 0.2) is 56.7 Å². The second kappa shape index (κ2) is 10.6. The number of rotatable bonds is 13. The van der Waals surface area contributed by atoms with Crippen molar-refractivity contribution < 1.29 is 4.39 Å². The van der Waals surface area contributed by atoms with Gasteiger partial charge in [-0.3, -0.25) is 4.99 Å². The molecule has 5 aliphatic rings. The molecular formula is C34H46FN5. The summed E-state index contributed by atoms with van der Waals surface area (Å²) in [6, 6.07) is 8.67. The second-order valence-electron chi connectivity index (χ2n) is 13.3. The number of nitrogens with zero attached hydrogens (tertiary/aromatic N) is 5. The Bertz CT molecular complexity index is 1280. The highest BCUT2D eigenvalue weighted by Crippen LogP contribution is 2.63. The van der Waals surface area contributed by atoms with Crippen LogP contribution in [0.3, 0.4) is 0 Å². The van der Waals surface area contributed by atoms with E-state index in [0.29, 0.717) is 12.8 Å². The average Bonchev–Trinajstić information content (AvgIpc) is 3.51. The van der Waals surface area contributed by atoms with Gasteiger partial charge in [0.2, 0.25) is 0 Å². The molecule has 0 N–H and O–H groups in total. The summed E-state index contributed by atoms with van der Waals surface area (Å²) in [5.74, 6) is 0.970. The lowest BCUT2D eigenvalue weighted by molar-refractivity contribution is 0.274. The fourth-order valence-electron chi connectivity index (χ4n) is 7.89. The van der Waals surface area contributed by atoms with Crippen molar-refractivity contribution in [1.82, 2.24) is 0 Å². The molecule has 2 heterocycles. The van der Waals surface area contributed by atoms with E-state index in [1.807, 2.05) is 6.92 Å². The fourth-order valence-corrected chi connectivity index (χ4v) is 7.89. The van der Waals surface area contributed by atoms with Crippen LogP contribution in [0.25, 0.3) is 0 Å². The molecule has 5 nitrogen and oxygen atoms in total. The Morgan fingerprint density at radius 2 is 1.90 bits per heavy atom.